The lowest BCUT2D eigenvalue weighted by atomic mass is 10.1. The lowest BCUT2D eigenvalue weighted by Gasteiger charge is -2.20. The Morgan fingerprint density at radius 2 is 1.94 bits per heavy atom. The number of fused-ring (bicyclic) bond motifs is 2. The second-order valence-electron chi connectivity index (χ2n) is 7.32. The number of aryl methyl sites for hydroxylation is 1. The Labute approximate surface area is 197 Å². The first-order valence-electron chi connectivity index (χ1n) is 10.2. The average Bonchev–Trinajstić information content (AvgIpc) is 3.15. The first-order valence-corrected chi connectivity index (χ1v) is 11.3. The van der Waals surface area contributed by atoms with E-state index in [9.17, 15) is 9.18 Å². The van der Waals surface area contributed by atoms with Crippen molar-refractivity contribution in [3.63, 3.8) is 0 Å². The van der Waals surface area contributed by atoms with Crippen LogP contribution >= 0.6 is 22.9 Å². The number of carbonyl (C=O) groups excluding carboxylic acids is 1. The molecule has 0 amide bonds. The number of benzene rings is 1. The zero-order valence-electron chi connectivity index (χ0n) is 18.3. The SMILES string of the molecule is CCOc1cnc2c(-c3nc4cc(F)c(O[C@@H](C)[C@@H](C)OC(=O)Cl)nc4s3)cc(C)cc2n1. The van der Waals surface area contributed by atoms with Crippen molar-refractivity contribution >= 4 is 49.7 Å². The fourth-order valence-corrected chi connectivity index (χ4v) is 4.24. The number of hydrogen-bond acceptors (Lipinski definition) is 9. The van der Waals surface area contributed by atoms with Gasteiger partial charge in [-0.2, -0.15) is 4.98 Å². The Morgan fingerprint density at radius 3 is 2.67 bits per heavy atom. The summed E-state index contributed by atoms with van der Waals surface area (Å²) >= 11 is 6.52. The first-order chi connectivity index (χ1) is 15.7. The molecule has 4 aromatic rings. The molecular weight excluding hydrogens is 471 g/mol. The van der Waals surface area contributed by atoms with Crippen molar-refractivity contribution in [3.8, 4) is 22.3 Å². The van der Waals surface area contributed by atoms with Crippen LogP contribution < -0.4 is 9.47 Å². The number of aromatic nitrogens is 4. The molecule has 11 heteroatoms. The molecule has 2 atom stereocenters. The van der Waals surface area contributed by atoms with E-state index in [4.69, 9.17) is 25.8 Å². The van der Waals surface area contributed by atoms with Gasteiger partial charge in [-0.15, -0.1) is 0 Å². The monoisotopic (exact) mass is 490 g/mol. The molecule has 3 heterocycles. The summed E-state index contributed by atoms with van der Waals surface area (Å²) in [5, 5.41) is 0.624. The maximum absolute atomic E-state index is 14.7. The van der Waals surface area contributed by atoms with Crippen LogP contribution in [0.2, 0.25) is 0 Å². The molecule has 0 N–H and O–H groups in total. The van der Waals surface area contributed by atoms with E-state index in [1.807, 2.05) is 26.0 Å². The van der Waals surface area contributed by atoms with Crippen LogP contribution in [-0.4, -0.2) is 44.2 Å². The Balaban J connectivity index is 1.71. The molecule has 1 aromatic carbocycles. The number of thiazole rings is 1. The number of nitrogens with zero attached hydrogens (tertiary/aromatic N) is 4. The fourth-order valence-electron chi connectivity index (χ4n) is 3.17. The van der Waals surface area contributed by atoms with Crippen LogP contribution in [0.5, 0.6) is 11.8 Å². The van der Waals surface area contributed by atoms with E-state index in [-0.39, 0.29) is 5.88 Å². The van der Waals surface area contributed by atoms with Crippen molar-refractivity contribution in [1.82, 2.24) is 19.9 Å². The fraction of sp³-hybridized carbons (Fsp3) is 0.318. The van der Waals surface area contributed by atoms with Gasteiger partial charge in [0.05, 0.1) is 23.8 Å². The largest absolute Gasteiger partial charge is 0.477 e. The van der Waals surface area contributed by atoms with Gasteiger partial charge in [0.2, 0.25) is 5.88 Å². The number of ether oxygens (including phenoxy) is 3. The molecule has 0 radical (unpaired) electrons. The lowest BCUT2D eigenvalue weighted by Crippen LogP contribution is -2.30. The predicted molar refractivity (Wildman–Crippen MR) is 124 cm³/mol. The summed E-state index contributed by atoms with van der Waals surface area (Å²) in [5.41, 5.74) is 2.50. The third-order valence-electron chi connectivity index (χ3n) is 4.83. The molecule has 0 aliphatic heterocycles. The minimum Gasteiger partial charge on any atom is -0.477 e. The highest BCUT2D eigenvalue weighted by Crippen LogP contribution is 2.35. The summed E-state index contributed by atoms with van der Waals surface area (Å²) in [7, 11) is 0. The van der Waals surface area contributed by atoms with Crippen LogP contribution in [0.4, 0.5) is 9.18 Å². The Kier molecular flexibility index (Phi) is 6.57. The van der Waals surface area contributed by atoms with E-state index in [0.717, 1.165) is 11.1 Å². The van der Waals surface area contributed by atoms with Gasteiger partial charge >= 0.3 is 5.43 Å². The molecule has 172 valence electrons. The van der Waals surface area contributed by atoms with Crippen LogP contribution in [0.15, 0.2) is 24.4 Å². The van der Waals surface area contributed by atoms with E-state index in [1.165, 1.54) is 17.4 Å². The molecule has 0 fully saturated rings. The summed E-state index contributed by atoms with van der Waals surface area (Å²) in [6, 6.07) is 5.13. The van der Waals surface area contributed by atoms with E-state index in [2.05, 4.69) is 19.9 Å². The molecule has 0 aliphatic rings. The Bertz CT molecular complexity index is 1350. The van der Waals surface area contributed by atoms with Crippen molar-refractivity contribution in [2.75, 3.05) is 6.61 Å². The minimum atomic E-state index is -0.962. The summed E-state index contributed by atoms with van der Waals surface area (Å²) in [6.45, 7) is 7.54. The molecule has 3 aromatic heterocycles. The third kappa shape index (κ3) is 4.96. The van der Waals surface area contributed by atoms with E-state index in [1.54, 1.807) is 20.0 Å². The highest BCUT2D eigenvalue weighted by molar-refractivity contribution is 7.21. The van der Waals surface area contributed by atoms with Crippen molar-refractivity contribution in [3.05, 3.63) is 35.8 Å². The molecule has 0 saturated carbocycles. The zero-order chi connectivity index (χ0) is 23.7. The average molecular weight is 491 g/mol. The maximum Gasteiger partial charge on any atom is 0.404 e. The summed E-state index contributed by atoms with van der Waals surface area (Å²) in [6.07, 6.45) is 0.204. The second-order valence-corrected chi connectivity index (χ2v) is 8.61. The molecular formula is C22H20ClFN4O4S. The van der Waals surface area contributed by atoms with Gasteiger partial charge in [0.25, 0.3) is 5.88 Å². The molecule has 0 saturated heterocycles. The van der Waals surface area contributed by atoms with Crippen molar-refractivity contribution in [2.24, 2.45) is 0 Å². The molecule has 33 heavy (non-hydrogen) atoms. The van der Waals surface area contributed by atoms with Crippen LogP contribution in [-0.2, 0) is 4.74 Å². The summed E-state index contributed by atoms with van der Waals surface area (Å²) in [5.74, 6) is -0.441. The molecule has 0 unspecified atom stereocenters. The number of rotatable bonds is 7. The number of pyridine rings is 1. The summed E-state index contributed by atoms with van der Waals surface area (Å²) < 4.78 is 30.6. The highest BCUT2D eigenvalue weighted by Gasteiger charge is 2.22. The van der Waals surface area contributed by atoms with Crippen LogP contribution in [0.1, 0.15) is 26.3 Å². The molecule has 0 aliphatic carbocycles. The lowest BCUT2D eigenvalue weighted by molar-refractivity contribution is 0.0433. The summed E-state index contributed by atoms with van der Waals surface area (Å²) in [4.78, 5) is 29.3. The number of carbonyl (C=O) groups is 1. The minimum absolute atomic E-state index is 0.210. The standard InChI is InChI=1S/C22H20ClFN4O4S/c1-5-30-17-9-25-18-13(6-10(2)7-15(18)26-17)20-27-16-8-14(24)19(28-21(16)33-20)31-11(3)12(4)32-22(23)29/h6-9,11-12H,5H2,1-4H3/t11-,12+/m0/s1. The van der Waals surface area contributed by atoms with Gasteiger partial charge < -0.3 is 14.2 Å². The van der Waals surface area contributed by atoms with Crippen LogP contribution in [0.25, 0.3) is 32.0 Å². The number of hydrogen-bond donors (Lipinski definition) is 0. The van der Waals surface area contributed by atoms with Gasteiger partial charge in [-0.3, -0.25) is 0 Å². The maximum atomic E-state index is 14.7. The molecule has 0 bridgehead atoms. The van der Waals surface area contributed by atoms with Gasteiger partial charge in [0.15, 0.2) is 5.82 Å². The first kappa shape index (κ1) is 23.1. The van der Waals surface area contributed by atoms with Crippen LogP contribution in [0.3, 0.4) is 0 Å². The second kappa shape index (κ2) is 9.40. The topological polar surface area (TPSA) is 96.3 Å². The quantitative estimate of drug-likeness (QED) is 0.305. The van der Waals surface area contributed by atoms with Gasteiger partial charge in [-0.05, 0) is 45.4 Å². The molecule has 4 rings (SSSR count). The Morgan fingerprint density at radius 1 is 1.15 bits per heavy atom. The van der Waals surface area contributed by atoms with Crippen molar-refractivity contribution in [2.45, 2.75) is 39.9 Å². The van der Waals surface area contributed by atoms with Crippen LogP contribution in [0, 0.1) is 12.7 Å². The normalized spacial score (nSPS) is 13.2. The van der Waals surface area contributed by atoms with E-state index in [0.29, 0.717) is 38.9 Å². The van der Waals surface area contributed by atoms with Crippen molar-refractivity contribution in [1.29, 1.82) is 0 Å². The zero-order valence-corrected chi connectivity index (χ0v) is 19.8. The number of halogens is 2. The molecule has 0 spiro atoms. The van der Waals surface area contributed by atoms with Gasteiger partial charge in [0.1, 0.15) is 27.6 Å². The molecule has 8 nitrogen and oxygen atoms in total. The Hall–Kier alpha value is -3.11. The van der Waals surface area contributed by atoms with Crippen molar-refractivity contribution < 1.29 is 23.4 Å². The van der Waals surface area contributed by atoms with E-state index >= 15 is 0 Å². The van der Waals surface area contributed by atoms with Gasteiger partial charge in [0, 0.05) is 23.2 Å². The predicted octanol–water partition coefficient (Wildman–Crippen LogP) is 5.68. The smallest absolute Gasteiger partial charge is 0.404 e. The van der Waals surface area contributed by atoms with Gasteiger partial charge in [-0.1, -0.05) is 11.3 Å². The highest BCUT2D eigenvalue weighted by atomic mass is 35.5. The van der Waals surface area contributed by atoms with Gasteiger partial charge in [-0.25, -0.2) is 24.1 Å². The third-order valence-corrected chi connectivity index (χ3v) is 5.92. The van der Waals surface area contributed by atoms with E-state index < -0.39 is 23.5 Å².